The second-order valence-electron chi connectivity index (χ2n) is 9.35. The highest BCUT2D eigenvalue weighted by Gasteiger charge is 2.50. The fourth-order valence-electron chi connectivity index (χ4n) is 3.77. The highest BCUT2D eigenvalue weighted by atomic mass is 32.1. The Morgan fingerprint density at radius 2 is 1.42 bits per heavy atom. The summed E-state index contributed by atoms with van der Waals surface area (Å²) in [6, 6.07) is 5.80. The van der Waals surface area contributed by atoms with E-state index in [4.69, 9.17) is 34.4 Å². The summed E-state index contributed by atoms with van der Waals surface area (Å²) in [4.78, 5) is 35.8. The summed E-state index contributed by atoms with van der Waals surface area (Å²) in [5.74, 6) is -6.96. The number of hydrogen-bond acceptors (Lipinski definition) is 10. The molecule has 0 amide bonds. The fraction of sp³-hybridized carbons (Fsp3) is 0.565. The van der Waals surface area contributed by atoms with E-state index in [-0.39, 0.29) is 5.54 Å². The van der Waals surface area contributed by atoms with Crippen molar-refractivity contribution in [3.63, 3.8) is 0 Å². The molecule has 2 aliphatic rings. The van der Waals surface area contributed by atoms with E-state index in [1.54, 1.807) is 17.5 Å². The maximum absolute atomic E-state index is 10.6. The topological polar surface area (TPSA) is 166 Å². The third-order valence-corrected chi connectivity index (χ3v) is 6.84. The molecule has 2 fully saturated rings. The van der Waals surface area contributed by atoms with Crippen molar-refractivity contribution < 1.29 is 74.0 Å². The number of aromatic nitrogens is 3. The van der Waals surface area contributed by atoms with E-state index in [0.717, 1.165) is 42.3 Å². The van der Waals surface area contributed by atoms with Gasteiger partial charge >= 0.3 is 36.4 Å². The number of alkyl halides is 9. The normalized spacial score (nSPS) is 17.7. The number of aryl methyl sites for hydroxylation is 1. The number of halogens is 9. The van der Waals surface area contributed by atoms with Crippen LogP contribution in [0, 0.1) is 12.8 Å². The number of piperidine rings is 1. The summed E-state index contributed by atoms with van der Waals surface area (Å²) in [7, 11) is 2.25. The Bertz CT molecular complexity index is 1200. The number of likely N-dealkylation sites (N-methyl/N-ethyl adjacent to an activating group) is 1. The highest BCUT2D eigenvalue weighted by molar-refractivity contribution is 7.15. The standard InChI is InChI=1S/C17H23N5OS.3C2HF3O2/c1-13-19-20-16(24-13)22-11-17(12-22)9-14(6-8-21(17)2)10-23-15-5-3-4-7-18-15;3*3-2(4,5)1(6)7/h3-5,7,14H,6,8-12H2,1-2H3;3*(H,6,7). The number of carbonyl (C=O) groups is 3. The average Bonchev–Trinajstić information content (AvgIpc) is 3.32. The zero-order valence-electron chi connectivity index (χ0n) is 23.2. The van der Waals surface area contributed by atoms with Crippen LogP contribution in [0.2, 0.25) is 0 Å². The molecule has 0 aromatic carbocycles. The van der Waals surface area contributed by atoms with Gasteiger partial charge in [0.25, 0.3) is 0 Å². The van der Waals surface area contributed by atoms with Crippen molar-refractivity contribution in [2.24, 2.45) is 5.92 Å². The van der Waals surface area contributed by atoms with Crippen molar-refractivity contribution in [2.45, 2.75) is 43.8 Å². The fourth-order valence-corrected chi connectivity index (χ4v) is 4.46. The maximum atomic E-state index is 10.6. The monoisotopic (exact) mass is 687 g/mol. The minimum Gasteiger partial charge on any atom is -0.477 e. The first-order valence-electron chi connectivity index (χ1n) is 12.2. The highest BCUT2D eigenvalue weighted by Crippen LogP contribution is 2.41. The largest absolute Gasteiger partial charge is 0.490 e. The van der Waals surface area contributed by atoms with Crippen LogP contribution in [0.4, 0.5) is 44.6 Å². The number of aliphatic carboxylic acids is 3. The van der Waals surface area contributed by atoms with Crippen molar-refractivity contribution in [1.82, 2.24) is 20.1 Å². The first-order chi connectivity index (χ1) is 20.5. The molecule has 254 valence electrons. The van der Waals surface area contributed by atoms with E-state index < -0.39 is 36.4 Å². The molecule has 12 nitrogen and oxygen atoms in total. The van der Waals surface area contributed by atoms with E-state index >= 15 is 0 Å². The molecular weight excluding hydrogens is 661 g/mol. The van der Waals surface area contributed by atoms with Gasteiger partial charge in [-0.25, -0.2) is 19.4 Å². The summed E-state index contributed by atoms with van der Waals surface area (Å²) >= 11 is 1.68. The third-order valence-electron chi connectivity index (χ3n) is 5.94. The molecule has 0 bridgehead atoms. The molecule has 22 heteroatoms. The van der Waals surface area contributed by atoms with Crippen LogP contribution in [0.3, 0.4) is 0 Å². The van der Waals surface area contributed by atoms with Gasteiger partial charge in [-0.2, -0.15) is 39.5 Å². The Morgan fingerprint density at radius 1 is 0.933 bits per heavy atom. The molecule has 2 aliphatic heterocycles. The lowest BCUT2D eigenvalue weighted by Gasteiger charge is -2.58. The molecule has 2 aromatic heterocycles. The summed E-state index contributed by atoms with van der Waals surface area (Å²) < 4.78 is 101. The Kier molecular flexibility index (Phi) is 13.8. The molecule has 0 radical (unpaired) electrons. The number of rotatable bonds is 4. The van der Waals surface area contributed by atoms with Crippen LogP contribution < -0.4 is 9.64 Å². The molecule has 0 aliphatic carbocycles. The number of ether oxygens (including phenoxy) is 1. The number of likely N-dealkylation sites (tertiary alicyclic amines) is 1. The van der Waals surface area contributed by atoms with Crippen molar-refractivity contribution in [3.05, 3.63) is 29.4 Å². The second kappa shape index (κ2) is 15.9. The van der Waals surface area contributed by atoms with E-state index in [0.29, 0.717) is 5.92 Å². The van der Waals surface area contributed by atoms with E-state index in [1.807, 2.05) is 25.1 Å². The summed E-state index contributed by atoms with van der Waals surface area (Å²) in [6.45, 7) is 5.97. The van der Waals surface area contributed by atoms with Gasteiger partial charge < -0.3 is 25.0 Å². The van der Waals surface area contributed by atoms with Crippen LogP contribution in [0.25, 0.3) is 0 Å². The minimum absolute atomic E-state index is 0.260. The first kappa shape index (κ1) is 39.1. The van der Waals surface area contributed by atoms with Gasteiger partial charge in [0.2, 0.25) is 11.0 Å². The Balaban J connectivity index is 0.000000396. The molecular formula is C23H26F9N5O7S. The summed E-state index contributed by atoms with van der Waals surface area (Å²) in [5, 5.41) is 31.9. The van der Waals surface area contributed by atoms with E-state index in [1.165, 1.54) is 12.8 Å². The lowest BCUT2D eigenvalue weighted by Crippen LogP contribution is -2.72. The van der Waals surface area contributed by atoms with Crippen LogP contribution >= 0.6 is 11.3 Å². The zero-order valence-corrected chi connectivity index (χ0v) is 24.0. The number of hydrogen-bond donors (Lipinski definition) is 3. The Labute approximate surface area is 252 Å². The maximum Gasteiger partial charge on any atom is 0.490 e. The molecule has 2 aromatic rings. The van der Waals surface area contributed by atoms with Crippen molar-refractivity contribution in [3.8, 4) is 5.88 Å². The summed E-state index contributed by atoms with van der Waals surface area (Å²) in [5.41, 5.74) is 0.260. The minimum atomic E-state index is -5.08. The lowest BCUT2D eigenvalue weighted by atomic mass is 9.75. The SMILES string of the molecule is Cc1nnc(N2CC3(CC(COc4ccccn4)CCN3C)C2)s1.O=C(O)C(F)(F)F.O=C(O)C(F)(F)F.O=C(O)C(F)(F)F. The number of nitrogens with zero attached hydrogens (tertiary/aromatic N) is 5. The lowest BCUT2D eigenvalue weighted by molar-refractivity contribution is -0.193. The van der Waals surface area contributed by atoms with Crippen LogP contribution in [0.5, 0.6) is 5.88 Å². The molecule has 4 heterocycles. The van der Waals surface area contributed by atoms with Gasteiger partial charge in [-0.3, -0.25) is 4.90 Å². The molecule has 4 rings (SSSR count). The van der Waals surface area contributed by atoms with Crippen LogP contribution in [0.15, 0.2) is 24.4 Å². The molecule has 3 N–H and O–H groups in total. The van der Waals surface area contributed by atoms with Crippen molar-refractivity contribution in [2.75, 3.05) is 38.2 Å². The van der Waals surface area contributed by atoms with Gasteiger partial charge in [-0.05, 0) is 45.3 Å². The molecule has 1 unspecified atom stereocenters. The number of anilines is 1. The van der Waals surface area contributed by atoms with Gasteiger partial charge in [-0.15, -0.1) is 10.2 Å². The smallest absolute Gasteiger partial charge is 0.477 e. The average molecular weight is 688 g/mol. The summed E-state index contributed by atoms with van der Waals surface area (Å²) in [6.07, 6.45) is -11.1. The van der Waals surface area contributed by atoms with Gasteiger partial charge in [0.15, 0.2) is 0 Å². The zero-order chi connectivity index (χ0) is 34.8. The quantitative estimate of drug-likeness (QED) is 0.395. The van der Waals surface area contributed by atoms with Crippen molar-refractivity contribution >= 4 is 34.4 Å². The van der Waals surface area contributed by atoms with Gasteiger partial charge in [0, 0.05) is 25.4 Å². The van der Waals surface area contributed by atoms with Gasteiger partial charge in [0.05, 0.1) is 12.1 Å². The van der Waals surface area contributed by atoms with Gasteiger partial charge in [0.1, 0.15) is 5.01 Å². The van der Waals surface area contributed by atoms with E-state index in [2.05, 4.69) is 32.0 Å². The van der Waals surface area contributed by atoms with Crippen LogP contribution in [-0.2, 0) is 14.4 Å². The number of pyridine rings is 1. The predicted octanol–water partition coefficient (Wildman–Crippen LogP) is 4.12. The van der Waals surface area contributed by atoms with Crippen LogP contribution in [0.1, 0.15) is 17.8 Å². The predicted molar refractivity (Wildman–Crippen MR) is 136 cm³/mol. The van der Waals surface area contributed by atoms with Gasteiger partial charge in [-0.1, -0.05) is 17.4 Å². The molecule has 45 heavy (non-hydrogen) atoms. The van der Waals surface area contributed by atoms with Crippen LogP contribution in [-0.4, -0.2) is 111 Å². The second-order valence-corrected chi connectivity index (χ2v) is 10.5. The molecule has 2 saturated heterocycles. The number of carboxylic acids is 3. The Hall–Kier alpha value is -3.95. The third kappa shape index (κ3) is 13.3. The van der Waals surface area contributed by atoms with Crippen molar-refractivity contribution in [1.29, 1.82) is 0 Å². The Morgan fingerprint density at radius 3 is 1.80 bits per heavy atom. The van der Waals surface area contributed by atoms with E-state index in [9.17, 15) is 39.5 Å². The molecule has 1 atom stereocenters. The molecule has 0 saturated carbocycles. The number of carboxylic acid groups (broad SMARTS) is 3. The first-order valence-corrected chi connectivity index (χ1v) is 13.0. The molecule has 1 spiro atoms.